The van der Waals surface area contributed by atoms with Crippen LogP contribution in [0, 0.1) is 17.0 Å². The molecule has 0 aliphatic rings. The van der Waals surface area contributed by atoms with E-state index in [2.05, 4.69) is 5.10 Å². The average Bonchev–Trinajstić information content (AvgIpc) is 2.29. The number of nitrogens with zero attached hydrogens (tertiary/aromatic N) is 3. The molecule has 0 atom stereocenters. The van der Waals surface area contributed by atoms with Crippen LogP contribution >= 0.6 is 0 Å². The number of aldehydes is 1. The van der Waals surface area contributed by atoms with Crippen molar-refractivity contribution in [1.29, 1.82) is 0 Å². The first kappa shape index (κ1) is 8.38. The summed E-state index contributed by atoms with van der Waals surface area (Å²) in [7, 11) is 1.55. The van der Waals surface area contributed by atoms with Crippen molar-refractivity contribution in [2.24, 2.45) is 7.05 Å². The zero-order valence-corrected chi connectivity index (χ0v) is 6.64. The van der Waals surface area contributed by atoms with Gasteiger partial charge in [-0.3, -0.25) is 4.79 Å². The van der Waals surface area contributed by atoms with E-state index in [1.165, 1.54) is 4.68 Å². The van der Waals surface area contributed by atoms with E-state index < -0.39 is 4.92 Å². The van der Waals surface area contributed by atoms with Gasteiger partial charge >= 0.3 is 5.82 Å². The molecule has 1 aromatic rings. The van der Waals surface area contributed by atoms with E-state index in [0.29, 0.717) is 12.0 Å². The standard InChI is InChI=1S/C6H7N3O3/c1-4-5(3-10)6(9(11)12)7-8(4)2/h3H,1-2H3. The summed E-state index contributed by atoms with van der Waals surface area (Å²) in [5.41, 5.74) is 0.541. The lowest BCUT2D eigenvalue weighted by atomic mass is 10.3. The van der Waals surface area contributed by atoms with Gasteiger partial charge < -0.3 is 10.1 Å². The van der Waals surface area contributed by atoms with Crippen LogP contribution in [0.2, 0.25) is 0 Å². The van der Waals surface area contributed by atoms with Gasteiger partial charge in [-0.2, -0.15) is 4.68 Å². The fourth-order valence-corrected chi connectivity index (χ4v) is 0.880. The Hall–Kier alpha value is -1.72. The van der Waals surface area contributed by atoms with Crippen LogP contribution < -0.4 is 0 Å². The van der Waals surface area contributed by atoms with Gasteiger partial charge in [-0.05, 0) is 11.8 Å². The molecule has 0 bridgehead atoms. The highest BCUT2D eigenvalue weighted by molar-refractivity contribution is 5.81. The summed E-state index contributed by atoms with van der Waals surface area (Å²) in [6.45, 7) is 1.60. The van der Waals surface area contributed by atoms with Crippen molar-refractivity contribution in [3.05, 3.63) is 21.4 Å². The Balaban J connectivity index is 3.39. The van der Waals surface area contributed by atoms with Crippen molar-refractivity contribution < 1.29 is 9.72 Å². The molecule has 0 saturated heterocycles. The zero-order chi connectivity index (χ0) is 9.30. The number of rotatable bonds is 2. The van der Waals surface area contributed by atoms with Gasteiger partial charge in [-0.25, -0.2) is 0 Å². The SMILES string of the molecule is Cc1c(C=O)c([N+](=O)[O-])nn1C. The molecule has 0 amide bonds. The molecule has 6 nitrogen and oxygen atoms in total. The highest BCUT2D eigenvalue weighted by atomic mass is 16.6. The molecule has 0 saturated carbocycles. The van der Waals surface area contributed by atoms with Gasteiger partial charge in [-0.1, -0.05) is 0 Å². The third kappa shape index (κ3) is 1.07. The minimum atomic E-state index is -0.670. The number of aromatic nitrogens is 2. The molecule has 0 aliphatic heterocycles. The second kappa shape index (κ2) is 2.72. The van der Waals surface area contributed by atoms with E-state index in [1.54, 1.807) is 14.0 Å². The van der Waals surface area contributed by atoms with Gasteiger partial charge in [0.15, 0.2) is 6.29 Å². The predicted molar refractivity (Wildman–Crippen MR) is 40.0 cm³/mol. The molecule has 64 valence electrons. The van der Waals surface area contributed by atoms with Crippen LogP contribution in [0.25, 0.3) is 0 Å². The van der Waals surface area contributed by atoms with Crippen LogP contribution in [0.5, 0.6) is 0 Å². The molecule has 0 radical (unpaired) electrons. The Kier molecular flexibility index (Phi) is 1.90. The monoisotopic (exact) mass is 169 g/mol. The van der Waals surface area contributed by atoms with E-state index in [0.717, 1.165) is 0 Å². The van der Waals surface area contributed by atoms with Crippen molar-refractivity contribution >= 4 is 12.1 Å². The van der Waals surface area contributed by atoms with Crippen molar-refractivity contribution in [1.82, 2.24) is 9.78 Å². The Morgan fingerprint density at radius 1 is 1.67 bits per heavy atom. The molecule has 0 unspecified atom stereocenters. The summed E-state index contributed by atoms with van der Waals surface area (Å²) in [5, 5.41) is 13.9. The van der Waals surface area contributed by atoms with Crippen LogP contribution in [-0.2, 0) is 7.05 Å². The highest BCUT2D eigenvalue weighted by Crippen LogP contribution is 2.17. The van der Waals surface area contributed by atoms with Gasteiger partial charge in [0, 0.05) is 0 Å². The first-order valence-corrected chi connectivity index (χ1v) is 3.21. The molecule has 1 rings (SSSR count). The molecule has 0 fully saturated rings. The van der Waals surface area contributed by atoms with Crippen molar-refractivity contribution in [3.8, 4) is 0 Å². The summed E-state index contributed by atoms with van der Waals surface area (Å²) >= 11 is 0. The number of hydrogen-bond donors (Lipinski definition) is 0. The fourth-order valence-electron chi connectivity index (χ4n) is 0.880. The summed E-state index contributed by atoms with van der Waals surface area (Å²) in [6.07, 6.45) is 0.445. The molecule has 12 heavy (non-hydrogen) atoms. The molecule has 0 aliphatic carbocycles. The van der Waals surface area contributed by atoms with Crippen LogP contribution in [0.4, 0.5) is 5.82 Å². The number of carbonyl (C=O) groups excluding carboxylic acids is 1. The fraction of sp³-hybridized carbons (Fsp3) is 0.333. The van der Waals surface area contributed by atoms with E-state index >= 15 is 0 Å². The zero-order valence-electron chi connectivity index (χ0n) is 6.64. The topological polar surface area (TPSA) is 78.0 Å². The van der Waals surface area contributed by atoms with Gasteiger partial charge in [0.25, 0.3) is 0 Å². The van der Waals surface area contributed by atoms with E-state index in [9.17, 15) is 14.9 Å². The minimum Gasteiger partial charge on any atom is -0.358 e. The maximum Gasteiger partial charge on any atom is 0.400 e. The number of nitro groups is 1. The summed E-state index contributed by atoms with van der Waals surface area (Å²) in [5.74, 6) is -0.384. The Labute approximate surface area is 67.9 Å². The van der Waals surface area contributed by atoms with Gasteiger partial charge in [-0.15, -0.1) is 0 Å². The third-order valence-electron chi connectivity index (χ3n) is 1.65. The van der Waals surface area contributed by atoms with Crippen molar-refractivity contribution in [2.45, 2.75) is 6.92 Å². The number of aryl methyl sites for hydroxylation is 1. The lowest BCUT2D eigenvalue weighted by molar-refractivity contribution is -0.390. The molecule has 0 N–H and O–H groups in total. The predicted octanol–water partition coefficient (Wildman–Crippen LogP) is 0.449. The molecular weight excluding hydrogens is 162 g/mol. The summed E-state index contributed by atoms with van der Waals surface area (Å²) in [6, 6.07) is 0. The molecule has 0 aromatic carbocycles. The van der Waals surface area contributed by atoms with E-state index in [-0.39, 0.29) is 11.4 Å². The van der Waals surface area contributed by atoms with Crippen LogP contribution in [0.1, 0.15) is 16.1 Å². The smallest absolute Gasteiger partial charge is 0.358 e. The second-order valence-corrected chi connectivity index (χ2v) is 2.32. The molecule has 6 heteroatoms. The first-order valence-electron chi connectivity index (χ1n) is 3.21. The first-order chi connectivity index (χ1) is 5.57. The Morgan fingerprint density at radius 3 is 2.58 bits per heavy atom. The van der Waals surface area contributed by atoms with Crippen LogP contribution in [0.3, 0.4) is 0 Å². The molecular formula is C6H7N3O3. The van der Waals surface area contributed by atoms with E-state index in [1.807, 2.05) is 0 Å². The van der Waals surface area contributed by atoms with Crippen molar-refractivity contribution in [2.75, 3.05) is 0 Å². The highest BCUT2D eigenvalue weighted by Gasteiger charge is 2.22. The third-order valence-corrected chi connectivity index (χ3v) is 1.65. The van der Waals surface area contributed by atoms with Gasteiger partial charge in [0.2, 0.25) is 0 Å². The lowest BCUT2D eigenvalue weighted by Gasteiger charge is -1.87. The Morgan fingerprint density at radius 2 is 2.25 bits per heavy atom. The maximum atomic E-state index is 10.4. The van der Waals surface area contributed by atoms with Crippen molar-refractivity contribution in [3.63, 3.8) is 0 Å². The number of carbonyl (C=O) groups is 1. The minimum absolute atomic E-state index is 0.0440. The lowest BCUT2D eigenvalue weighted by Crippen LogP contribution is -1.94. The Bertz CT molecular complexity index is 342. The molecule has 1 aromatic heterocycles. The molecule has 0 spiro atoms. The van der Waals surface area contributed by atoms with Gasteiger partial charge in [0.05, 0.1) is 17.8 Å². The average molecular weight is 169 g/mol. The van der Waals surface area contributed by atoms with Gasteiger partial charge in [0.1, 0.15) is 5.56 Å². The number of hydrogen-bond acceptors (Lipinski definition) is 4. The quantitative estimate of drug-likeness (QED) is 0.365. The van der Waals surface area contributed by atoms with E-state index in [4.69, 9.17) is 0 Å². The van der Waals surface area contributed by atoms with Crippen LogP contribution in [0.15, 0.2) is 0 Å². The normalized spacial score (nSPS) is 9.83. The molecule has 1 heterocycles. The van der Waals surface area contributed by atoms with Crippen LogP contribution in [-0.4, -0.2) is 21.0 Å². The maximum absolute atomic E-state index is 10.4. The second-order valence-electron chi connectivity index (χ2n) is 2.32. The summed E-state index contributed by atoms with van der Waals surface area (Å²) < 4.78 is 1.31. The summed E-state index contributed by atoms with van der Waals surface area (Å²) in [4.78, 5) is 20.1. The largest absolute Gasteiger partial charge is 0.400 e.